The number of allylic oxidation sites excluding steroid dienone is 2. The molecule has 1 saturated carbocycles. The van der Waals surface area contributed by atoms with Crippen LogP contribution in [0.3, 0.4) is 0 Å². The quantitative estimate of drug-likeness (QED) is 0.774. The number of hydrogen-bond donors (Lipinski definition) is 1. The van der Waals surface area contributed by atoms with Gasteiger partial charge in [0.05, 0.1) is 10.4 Å². The normalized spacial score (nSPS) is 27.9. The van der Waals surface area contributed by atoms with E-state index < -0.39 is 39.8 Å². The summed E-state index contributed by atoms with van der Waals surface area (Å²) in [5, 5.41) is 8.85. The van der Waals surface area contributed by atoms with Crippen LogP contribution in [0.5, 0.6) is 0 Å². The van der Waals surface area contributed by atoms with Gasteiger partial charge >= 0.3 is 18.1 Å². The first-order chi connectivity index (χ1) is 8.31. The highest BCUT2D eigenvalue weighted by Gasteiger charge is 2.60. The van der Waals surface area contributed by atoms with Gasteiger partial charge in [0, 0.05) is 0 Å². The zero-order valence-corrected chi connectivity index (χ0v) is 11.6. The van der Waals surface area contributed by atoms with E-state index in [4.69, 9.17) is 5.11 Å². The fraction of sp³-hybridized carbons (Fsp3) is 0.727. The average Bonchev–Trinajstić information content (AvgIpc) is 2.20. The molecule has 2 unspecified atom stereocenters. The van der Waals surface area contributed by atoms with Gasteiger partial charge in [0.1, 0.15) is 0 Å². The third-order valence-corrected chi connectivity index (χ3v) is 4.41. The Hall–Kier alpha value is -0.660. The van der Waals surface area contributed by atoms with Crippen LogP contribution in [0.2, 0.25) is 0 Å². The molecule has 1 fully saturated rings. The van der Waals surface area contributed by atoms with Gasteiger partial charge in [-0.1, -0.05) is 19.9 Å². The highest BCUT2D eigenvalue weighted by Crippen LogP contribution is 2.54. The Kier molecular flexibility index (Phi) is 4.07. The lowest BCUT2D eigenvalue weighted by molar-refractivity contribution is -0.260. The Morgan fingerprint density at radius 1 is 1.32 bits per heavy atom. The van der Waals surface area contributed by atoms with Crippen LogP contribution in [-0.4, -0.2) is 23.2 Å². The molecular formula is C11H12BrF5O2. The Morgan fingerprint density at radius 2 is 1.79 bits per heavy atom. The number of carbonyl (C=O) groups is 1. The van der Waals surface area contributed by atoms with Crippen LogP contribution in [0.1, 0.15) is 20.3 Å². The molecule has 0 amide bonds. The maximum absolute atomic E-state index is 13.0. The zero-order chi connectivity index (χ0) is 15.2. The van der Waals surface area contributed by atoms with Crippen LogP contribution in [-0.2, 0) is 4.79 Å². The van der Waals surface area contributed by atoms with Crippen LogP contribution < -0.4 is 0 Å². The molecule has 0 heterocycles. The molecule has 1 N–H and O–H groups in total. The summed E-state index contributed by atoms with van der Waals surface area (Å²) in [7, 11) is 0. The molecule has 19 heavy (non-hydrogen) atoms. The molecule has 0 aliphatic heterocycles. The van der Waals surface area contributed by atoms with Gasteiger partial charge in [-0.25, -0.2) is 0 Å². The lowest BCUT2D eigenvalue weighted by atomic mass is 9.54. The monoisotopic (exact) mass is 350 g/mol. The average molecular weight is 351 g/mol. The highest BCUT2D eigenvalue weighted by molar-refractivity contribution is 9.11. The molecule has 2 nitrogen and oxygen atoms in total. The summed E-state index contributed by atoms with van der Waals surface area (Å²) < 4.78 is 61.1. The van der Waals surface area contributed by atoms with E-state index in [1.165, 1.54) is 13.8 Å². The van der Waals surface area contributed by atoms with Crippen LogP contribution in [0.25, 0.3) is 0 Å². The number of aliphatic carboxylic acids is 1. The largest absolute Gasteiger partial charge is 0.481 e. The van der Waals surface area contributed by atoms with Crippen LogP contribution in [0.4, 0.5) is 22.0 Å². The summed E-state index contributed by atoms with van der Waals surface area (Å²) in [5.41, 5.74) is -0.855. The second-order valence-corrected chi connectivity index (χ2v) is 6.00. The second kappa shape index (κ2) is 4.71. The summed E-state index contributed by atoms with van der Waals surface area (Å²) in [4.78, 5) is 10.8. The van der Waals surface area contributed by atoms with Crippen LogP contribution in [0.15, 0.2) is 10.6 Å². The molecule has 0 aromatic rings. The fourth-order valence-electron chi connectivity index (χ4n) is 2.08. The molecule has 110 valence electrons. The molecule has 0 spiro atoms. The van der Waals surface area contributed by atoms with Gasteiger partial charge in [-0.3, -0.25) is 4.79 Å². The third-order valence-electron chi connectivity index (χ3n) is 3.64. The molecule has 0 saturated heterocycles. The Balaban J connectivity index is 2.92. The van der Waals surface area contributed by atoms with Gasteiger partial charge in [-0.15, -0.1) is 0 Å². The summed E-state index contributed by atoms with van der Waals surface area (Å²) >= 11 is 2.26. The Labute approximate surface area is 114 Å². The smallest absolute Gasteiger partial charge is 0.458 e. The van der Waals surface area contributed by atoms with E-state index >= 15 is 0 Å². The van der Waals surface area contributed by atoms with Crippen molar-refractivity contribution in [2.75, 3.05) is 0 Å². The lowest BCUT2D eigenvalue weighted by Gasteiger charge is -2.49. The molecule has 0 radical (unpaired) electrons. The summed E-state index contributed by atoms with van der Waals surface area (Å²) in [6, 6.07) is 0. The topological polar surface area (TPSA) is 37.3 Å². The molecule has 1 aliphatic carbocycles. The van der Waals surface area contributed by atoms with E-state index in [0.29, 0.717) is 0 Å². The first-order valence-electron chi connectivity index (χ1n) is 5.37. The predicted octanol–water partition coefficient (Wildman–Crippen LogP) is 4.21. The highest BCUT2D eigenvalue weighted by atomic mass is 79.9. The Morgan fingerprint density at radius 3 is 2.11 bits per heavy atom. The maximum Gasteiger partial charge on any atom is 0.458 e. The van der Waals surface area contributed by atoms with Gasteiger partial charge < -0.3 is 5.11 Å². The van der Waals surface area contributed by atoms with Crippen molar-refractivity contribution >= 4 is 21.9 Å². The molecule has 0 bridgehead atoms. The minimum atomic E-state index is -5.68. The lowest BCUT2D eigenvalue weighted by Crippen LogP contribution is -2.48. The number of rotatable bonds is 3. The van der Waals surface area contributed by atoms with E-state index in [9.17, 15) is 26.7 Å². The number of alkyl halides is 5. The number of carboxylic acid groups (broad SMARTS) is 1. The van der Waals surface area contributed by atoms with Crippen molar-refractivity contribution in [3.05, 3.63) is 10.6 Å². The summed E-state index contributed by atoms with van der Waals surface area (Å²) in [6.07, 6.45) is -4.86. The van der Waals surface area contributed by atoms with E-state index in [1.807, 2.05) is 0 Å². The first kappa shape index (κ1) is 16.4. The van der Waals surface area contributed by atoms with Crippen molar-refractivity contribution in [1.29, 1.82) is 0 Å². The van der Waals surface area contributed by atoms with Crippen molar-refractivity contribution in [1.82, 2.24) is 0 Å². The minimum absolute atomic E-state index is 0.0470. The Bertz CT molecular complexity index is 414. The first-order valence-corrected chi connectivity index (χ1v) is 6.16. The second-order valence-electron chi connectivity index (χ2n) is 5.14. The molecule has 1 rings (SSSR count). The van der Waals surface area contributed by atoms with Crippen LogP contribution in [0, 0.1) is 17.3 Å². The number of hydrogen-bond acceptors (Lipinski definition) is 1. The standard InChI is InChI=1S/C11H12BrF5O2/c1-9(2)5(3-6(9)8(18)19)4-7(12)10(13,14)11(15,16)17/h4-6H,3H2,1-2H3,(H,18,19). The van der Waals surface area contributed by atoms with Gasteiger partial charge in [0.15, 0.2) is 0 Å². The number of halogens is 6. The molecule has 8 heteroatoms. The predicted molar refractivity (Wildman–Crippen MR) is 61.0 cm³/mol. The van der Waals surface area contributed by atoms with Gasteiger partial charge in [-0.05, 0) is 33.7 Å². The van der Waals surface area contributed by atoms with E-state index in [0.717, 1.165) is 6.08 Å². The van der Waals surface area contributed by atoms with E-state index in [-0.39, 0.29) is 6.42 Å². The van der Waals surface area contributed by atoms with Gasteiger partial charge in [0.25, 0.3) is 0 Å². The molecular weight excluding hydrogens is 339 g/mol. The van der Waals surface area contributed by atoms with E-state index in [2.05, 4.69) is 15.9 Å². The molecule has 0 aromatic carbocycles. The molecule has 2 atom stereocenters. The van der Waals surface area contributed by atoms with Gasteiger partial charge in [-0.2, -0.15) is 22.0 Å². The van der Waals surface area contributed by atoms with Crippen molar-refractivity contribution < 1.29 is 31.9 Å². The van der Waals surface area contributed by atoms with Crippen molar-refractivity contribution in [2.24, 2.45) is 17.3 Å². The van der Waals surface area contributed by atoms with Crippen molar-refractivity contribution in [3.8, 4) is 0 Å². The summed E-state index contributed by atoms with van der Waals surface area (Å²) in [6.45, 7) is 3.06. The zero-order valence-electron chi connectivity index (χ0n) is 10.1. The van der Waals surface area contributed by atoms with Gasteiger partial charge in [0.2, 0.25) is 0 Å². The van der Waals surface area contributed by atoms with Crippen molar-refractivity contribution in [3.63, 3.8) is 0 Å². The SMILES string of the molecule is CC1(C)C(C=C(Br)C(F)(F)C(F)(F)F)CC1C(=O)O. The van der Waals surface area contributed by atoms with E-state index in [1.54, 1.807) is 0 Å². The number of carboxylic acids is 1. The van der Waals surface area contributed by atoms with Crippen LogP contribution >= 0.6 is 15.9 Å². The minimum Gasteiger partial charge on any atom is -0.481 e. The maximum atomic E-state index is 13.0. The molecule has 0 aromatic heterocycles. The summed E-state index contributed by atoms with van der Waals surface area (Å²) in [5.74, 6) is -7.42. The third kappa shape index (κ3) is 2.78. The fourth-order valence-corrected chi connectivity index (χ4v) is 2.62. The molecule has 1 aliphatic rings. The van der Waals surface area contributed by atoms with Crippen molar-refractivity contribution in [2.45, 2.75) is 32.4 Å².